The first kappa shape index (κ1) is 17.0. The molecule has 0 unspecified atom stereocenters. The molecule has 25 heavy (non-hydrogen) atoms. The number of hydrogen-bond donors (Lipinski definition) is 2. The van der Waals surface area contributed by atoms with Gasteiger partial charge in [0, 0.05) is 11.1 Å². The number of hydrogen-bond acceptors (Lipinski definition) is 5. The fourth-order valence-corrected chi connectivity index (χ4v) is 3.92. The molecular weight excluding hydrogens is 342 g/mol. The normalized spacial score (nSPS) is 11.5. The van der Waals surface area contributed by atoms with Crippen molar-refractivity contribution < 1.29 is 17.9 Å². The van der Waals surface area contributed by atoms with Gasteiger partial charge in [-0.1, -0.05) is 17.7 Å². The third-order valence-corrected chi connectivity index (χ3v) is 5.36. The Morgan fingerprint density at radius 2 is 1.92 bits per heavy atom. The zero-order chi connectivity index (χ0) is 18.2. The van der Waals surface area contributed by atoms with Crippen LogP contribution in [0.2, 0.25) is 0 Å². The number of benzene rings is 2. The fraction of sp³-hybridized carbons (Fsp3) is 0.176. The number of rotatable bonds is 4. The Morgan fingerprint density at radius 3 is 2.60 bits per heavy atom. The van der Waals surface area contributed by atoms with Gasteiger partial charge in [0.25, 0.3) is 10.0 Å². The van der Waals surface area contributed by atoms with E-state index in [2.05, 4.69) is 19.7 Å². The summed E-state index contributed by atoms with van der Waals surface area (Å²) in [5.74, 6) is -0.597. The summed E-state index contributed by atoms with van der Waals surface area (Å²) in [6.45, 7) is 3.65. The van der Waals surface area contributed by atoms with Crippen molar-refractivity contribution >= 4 is 32.6 Å². The Kier molecular flexibility index (Phi) is 4.22. The molecule has 2 aromatic carbocycles. The molecule has 1 heterocycles. The van der Waals surface area contributed by atoms with Gasteiger partial charge >= 0.3 is 5.97 Å². The average molecular weight is 359 g/mol. The summed E-state index contributed by atoms with van der Waals surface area (Å²) in [6, 6.07) is 9.92. The number of methoxy groups -OCH3 is 1. The predicted octanol–water partition coefficient (Wildman–Crippen LogP) is 2.77. The number of carbonyl (C=O) groups is 1. The molecule has 7 nitrogen and oxygen atoms in total. The lowest BCUT2D eigenvalue weighted by atomic mass is 10.2. The van der Waals surface area contributed by atoms with Crippen LogP contribution in [0.15, 0.2) is 41.3 Å². The highest BCUT2D eigenvalue weighted by molar-refractivity contribution is 7.92. The summed E-state index contributed by atoms with van der Waals surface area (Å²) in [7, 11) is -2.49. The molecule has 3 rings (SSSR count). The standard InChI is InChI=1S/C17H17N3O4S/c1-10-4-7-15(11(2)8-10)25(22,23)20-12-5-6-14-13(9-12)16(19-18-14)17(21)24-3/h4-9,20H,1-3H3,(H,18,19). The second-order valence-corrected chi connectivity index (χ2v) is 7.35. The summed E-state index contributed by atoms with van der Waals surface area (Å²) in [6.07, 6.45) is 0. The van der Waals surface area contributed by atoms with Crippen molar-refractivity contribution in [1.29, 1.82) is 0 Å². The zero-order valence-electron chi connectivity index (χ0n) is 14.0. The van der Waals surface area contributed by atoms with Crippen LogP contribution in [0, 0.1) is 13.8 Å². The molecule has 0 aliphatic heterocycles. The maximum atomic E-state index is 12.7. The van der Waals surface area contributed by atoms with Crippen LogP contribution >= 0.6 is 0 Å². The van der Waals surface area contributed by atoms with Crippen LogP contribution in [0.5, 0.6) is 0 Å². The number of sulfonamides is 1. The number of esters is 1. The lowest BCUT2D eigenvalue weighted by molar-refractivity contribution is 0.0596. The van der Waals surface area contributed by atoms with Crippen molar-refractivity contribution in [2.75, 3.05) is 11.8 Å². The van der Waals surface area contributed by atoms with Gasteiger partial charge in [-0.05, 0) is 43.7 Å². The molecule has 0 aliphatic carbocycles. The first-order valence-corrected chi connectivity index (χ1v) is 8.96. The van der Waals surface area contributed by atoms with E-state index < -0.39 is 16.0 Å². The topological polar surface area (TPSA) is 101 Å². The monoisotopic (exact) mass is 359 g/mol. The molecule has 0 amide bonds. The second kappa shape index (κ2) is 6.21. The molecule has 0 saturated heterocycles. The third-order valence-electron chi connectivity index (χ3n) is 3.81. The van der Waals surface area contributed by atoms with Crippen LogP contribution in [0.1, 0.15) is 21.6 Å². The van der Waals surface area contributed by atoms with Crippen LogP contribution in [0.4, 0.5) is 5.69 Å². The summed E-state index contributed by atoms with van der Waals surface area (Å²) in [4.78, 5) is 11.9. The largest absolute Gasteiger partial charge is 0.464 e. The van der Waals surface area contributed by atoms with Gasteiger partial charge in [-0.2, -0.15) is 5.10 Å². The lowest BCUT2D eigenvalue weighted by Gasteiger charge is -2.11. The maximum Gasteiger partial charge on any atom is 0.359 e. The number of anilines is 1. The van der Waals surface area contributed by atoms with E-state index in [1.165, 1.54) is 7.11 Å². The van der Waals surface area contributed by atoms with E-state index in [0.717, 1.165) is 5.56 Å². The Bertz CT molecular complexity index is 1070. The quantitative estimate of drug-likeness (QED) is 0.698. The van der Waals surface area contributed by atoms with Crippen molar-refractivity contribution in [3.8, 4) is 0 Å². The molecule has 0 spiro atoms. The number of nitrogens with one attached hydrogen (secondary N) is 2. The molecule has 1 aromatic heterocycles. The molecule has 0 aliphatic rings. The van der Waals surface area contributed by atoms with E-state index >= 15 is 0 Å². The Hall–Kier alpha value is -2.87. The molecule has 3 aromatic rings. The third kappa shape index (κ3) is 3.20. The van der Waals surface area contributed by atoms with E-state index in [1.54, 1.807) is 37.3 Å². The first-order chi connectivity index (χ1) is 11.8. The lowest BCUT2D eigenvalue weighted by Crippen LogP contribution is -2.14. The number of H-pyrrole nitrogens is 1. The van der Waals surface area contributed by atoms with Crippen molar-refractivity contribution in [3.05, 3.63) is 53.2 Å². The smallest absolute Gasteiger partial charge is 0.359 e. The summed E-state index contributed by atoms with van der Waals surface area (Å²) in [5.41, 5.74) is 2.69. The van der Waals surface area contributed by atoms with Gasteiger partial charge in [0.2, 0.25) is 0 Å². The first-order valence-electron chi connectivity index (χ1n) is 7.48. The number of ether oxygens (including phenoxy) is 1. The predicted molar refractivity (Wildman–Crippen MR) is 94.2 cm³/mol. The van der Waals surface area contributed by atoms with Gasteiger partial charge in [-0.25, -0.2) is 13.2 Å². The highest BCUT2D eigenvalue weighted by Crippen LogP contribution is 2.24. The van der Waals surface area contributed by atoms with Crippen LogP contribution in [-0.2, 0) is 14.8 Å². The number of aryl methyl sites for hydroxylation is 2. The summed E-state index contributed by atoms with van der Waals surface area (Å²) >= 11 is 0. The van der Waals surface area contributed by atoms with Crippen molar-refractivity contribution in [3.63, 3.8) is 0 Å². The summed E-state index contributed by atoms with van der Waals surface area (Å²) < 4.78 is 32.5. The number of nitrogens with zero attached hydrogens (tertiary/aromatic N) is 1. The minimum Gasteiger partial charge on any atom is -0.464 e. The maximum absolute atomic E-state index is 12.7. The Labute approximate surface area is 145 Å². The minimum absolute atomic E-state index is 0.102. The minimum atomic E-state index is -3.75. The SMILES string of the molecule is COC(=O)c1n[nH]c2ccc(NS(=O)(=O)c3ccc(C)cc3C)cc12. The van der Waals surface area contributed by atoms with Crippen molar-refractivity contribution in [2.24, 2.45) is 0 Å². The molecule has 0 bridgehead atoms. The van der Waals surface area contributed by atoms with Crippen molar-refractivity contribution in [2.45, 2.75) is 18.7 Å². The van der Waals surface area contributed by atoms with Gasteiger partial charge < -0.3 is 4.74 Å². The molecule has 0 radical (unpaired) electrons. The van der Waals surface area contributed by atoms with E-state index in [-0.39, 0.29) is 10.6 Å². The van der Waals surface area contributed by atoms with E-state index in [9.17, 15) is 13.2 Å². The van der Waals surface area contributed by atoms with Gasteiger partial charge in [0.15, 0.2) is 5.69 Å². The fourth-order valence-electron chi connectivity index (χ4n) is 2.64. The van der Waals surface area contributed by atoms with Gasteiger partial charge in [0.05, 0.1) is 17.5 Å². The molecular formula is C17H17N3O4S. The van der Waals surface area contributed by atoms with E-state index in [4.69, 9.17) is 0 Å². The zero-order valence-corrected chi connectivity index (χ0v) is 14.8. The molecule has 8 heteroatoms. The van der Waals surface area contributed by atoms with Crippen LogP contribution < -0.4 is 4.72 Å². The van der Waals surface area contributed by atoms with Gasteiger partial charge in [-0.3, -0.25) is 9.82 Å². The Morgan fingerprint density at radius 1 is 1.16 bits per heavy atom. The van der Waals surface area contributed by atoms with Crippen molar-refractivity contribution in [1.82, 2.24) is 10.2 Å². The second-order valence-electron chi connectivity index (χ2n) is 5.70. The molecule has 130 valence electrons. The number of aromatic amines is 1. The molecule has 0 fully saturated rings. The van der Waals surface area contributed by atoms with Gasteiger partial charge in [-0.15, -0.1) is 0 Å². The molecule has 2 N–H and O–H groups in total. The van der Waals surface area contributed by atoms with Crippen LogP contribution in [0.25, 0.3) is 10.9 Å². The highest BCUT2D eigenvalue weighted by Gasteiger charge is 2.19. The van der Waals surface area contributed by atoms with Crippen LogP contribution in [0.3, 0.4) is 0 Å². The summed E-state index contributed by atoms with van der Waals surface area (Å²) in [5, 5.41) is 7.10. The number of fused-ring (bicyclic) bond motifs is 1. The highest BCUT2D eigenvalue weighted by atomic mass is 32.2. The average Bonchev–Trinajstić information content (AvgIpc) is 2.96. The van der Waals surface area contributed by atoms with E-state index in [1.807, 2.05) is 13.0 Å². The number of aromatic nitrogens is 2. The van der Waals surface area contributed by atoms with E-state index in [0.29, 0.717) is 22.2 Å². The van der Waals surface area contributed by atoms with Gasteiger partial charge in [0.1, 0.15) is 0 Å². The number of carbonyl (C=O) groups excluding carboxylic acids is 1. The van der Waals surface area contributed by atoms with Crippen LogP contribution in [-0.4, -0.2) is 31.7 Å². The molecule has 0 saturated carbocycles. The molecule has 0 atom stereocenters. The Balaban J connectivity index is 2.00.